The number of nitrogens with zero attached hydrogens (tertiary/aromatic N) is 1. The standard InChI is InChI=1S/C19H30N2O4/c1-5-6-13(20-21-15(22)7-8-16(21)23)17(24)25-14-11-12-9-10-19(14,4)18(12,2)3/h12-14,20H,5-11H2,1-4H3/t12?,13-,14?,19?/m0/s1. The molecule has 2 bridgehead atoms. The van der Waals surface area contributed by atoms with Gasteiger partial charge >= 0.3 is 5.97 Å². The van der Waals surface area contributed by atoms with Crippen molar-refractivity contribution in [2.45, 2.75) is 84.8 Å². The maximum atomic E-state index is 12.8. The first-order chi connectivity index (χ1) is 11.7. The highest BCUT2D eigenvalue weighted by Gasteiger charge is 2.63. The molecule has 4 atom stereocenters. The third kappa shape index (κ3) is 2.88. The van der Waals surface area contributed by atoms with Crippen molar-refractivity contribution < 1.29 is 19.1 Å². The van der Waals surface area contributed by atoms with Crippen LogP contribution < -0.4 is 5.43 Å². The lowest BCUT2D eigenvalue weighted by Crippen LogP contribution is -2.52. The second-order valence-corrected chi connectivity index (χ2v) is 8.63. The molecule has 1 N–H and O–H groups in total. The fraction of sp³-hybridized carbons (Fsp3) is 0.842. The summed E-state index contributed by atoms with van der Waals surface area (Å²) in [6.07, 6.45) is 4.82. The predicted molar refractivity (Wildman–Crippen MR) is 92.0 cm³/mol. The van der Waals surface area contributed by atoms with Crippen LogP contribution in [0.5, 0.6) is 0 Å². The topological polar surface area (TPSA) is 75.7 Å². The van der Waals surface area contributed by atoms with Crippen LogP contribution in [0, 0.1) is 16.7 Å². The number of esters is 1. The highest BCUT2D eigenvalue weighted by atomic mass is 16.5. The molecule has 1 heterocycles. The Balaban J connectivity index is 1.68. The molecule has 2 saturated carbocycles. The first-order valence-corrected chi connectivity index (χ1v) is 9.53. The van der Waals surface area contributed by atoms with E-state index in [0.29, 0.717) is 12.3 Å². The Morgan fingerprint density at radius 2 is 1.92 bits per heavy atom. The van der Waals surface area contributed by atoms with Gasteiger partial charge in [-0.3, -0.25) is 14.4 Å². The number of ether oxygens (including phenoxy) is 1. The number of nitrogens with one attached hydrogen (secondary N) is 1. The van der Waals surface area contributed by atoms with Gasteiger partial charge in [-0.25, -0.2) is 10.4 Å². The molecule has 140 valence electrons. The van der Waals surface area contributed by atoms with Crippen LogP contribution in [0.4, 0.5) is 0 Å². The van der Waals surface area contributed by atoms with E-state index in [4.69, 9.17) is 4.74 Å². The van der Waals surface area contributed by atoms with E-state index in [2.05, 4.69) is 26.2 Å². The Hall–Kier alpha value is -1.43. The van der Waals surface area contributed by atoms with Crippen LogP contribution >= 0.6 is 0 Å². The molecule has 3 rings (SSSR count). The molecule has 6 nitrogen and oxygen atoms in total. The molecule has 2 amide bonds. The molecule has 0 aromatic heterocycles. The molecule has 3 aliphatic rings. The van der Waals surface area contributed by atoms with E-state index in [1.54, 1.807) is 0 Å². The maximum absolute atomic E-state index is 12.8. The zero-order valence-electron chi connectivity index (χ0n) is 15.8. The molecular weight excluding hydrogens is 320 g/mol. The summed E-state index contributed by atoms with van der Waals surface area (Å²) in [5.74, 6) is -0.294. The lowest BCUT2D eigenvalue weighted by Gasteiger charge is -2.39. The first-order valence-electron chi connectivity index (χ1n) is 9.53. The summed E-state index contributed by atoms with van der Waals surface area (Å²) < 4.78 is 5.93. The fourth-order valence-electron chi connectivity index (χ4n) is 4.93. The van der Waals surface area contributed by atoms with Crippen LogP contribution in [0.2, 0.25) is 0 Å². The van der Waals surface area contributed by atoms with E-state index in [-0.39, 0.29) is 47.6 Å². The molecule has 6 heteroatoms. The van der Waals surface area contributed by atoms with E-state index in [1.165, 1.54) is 6.42 Å². The highest BCUT2D eigenvalue weighted by Crippen LogP contribution is 2.66. The number of carbonyl (C=O) groups excluding carboxylic acids is 3. The van der Waals surface area contributed by atoms with Crippen molar-refractivity contribution in [3.8, 4) is 0 Å². The van der Waals surface area contributed by atoms with E-state index >= 15 is 0 Å². The Morgan fingerprint density at radius 1 is 1.28 bits per heavy atom. The van der Waals surface area contributed by atoms with E-state index in [9.17, 15) is 14.4 Å². The van der Waals surface area contributed by atoms with Crippen LogP contribution in [0.15, 0.2) is 0 Å². The zero-order valence-corrected chi connectivity index (χ0v) is 15.8. The number of fused-ring (bicyclic) bond motifs is 2. The summed E-state index contributed by atoms with van der Waals surface area (Å²) in [4.78, 5) is 36.4. The molecule has 3 fully saturated rings. The number of hydrogen-bond donors (Lipinski definition) is 1. The van der Waals surface area contributed by atoms with Gasteiger partial charge in [-0.15, -0.1) is 0 Å². The van der Waals surface area contributed by atoms with Crippen LogP contribution in [-0.4, -0.2) is 34.9 Å². The molecule has 0 aromatic rings. The van der Waals surface area contributed by atoms with Crippen LogP contribution in [0.1, 0.15) is 72.6 Å². The number of hydrogen-bond acceptors (Lipinski definition) is 5. The molecule has 3 unspecified atom stereocenters. The van der Waals surface area contributed by atoms with Gasteiger partial charge in [0.15, 0.2) is 0 Å². The largest absolute Gasteiger partial charge is 0.461 e. The number of hydrazine groups is 1. The quantitative estimate of drug-likeness (QED) is 0.588. The Morgan fingerprint density at radius 3 is 2.40 bits per heavy atom. The monoisotopic (exact) mass is 350 g/mol. The van der Waals surface area contributed by atoms with Gasteiger partial charge in [0.2, 0.25) is 11.8 Å². The molecule has 25 heavy (non-hydrogen) atoms. The summed E-state index contributed by atoms with van der Waals surface area (Å²) in [6, 6.07) is -0.651. The Kier molecular flexibility index (Phi) is 4.69. The normalized spacial score (nSPS) is 34.6. The van der Waals surface area contributed by atoms with Gasteiger partial charge in [-0.1, -0.05) is 34.1 Å². The van der Waals surface area contributed by atoms with Crippen LogP contribution in [0.25, 0.3) is 0 Å². The van der Waals surface area contributed by atoms with Gasteiger partial charge in [-0.2, -0.15) is 0 Å². The number of carbonyl (C=O) groups is 3. The Labute approximate surface area is 149 Å². The van der Waals surface area contributed by atoms with Crippen LogP contribution in [0.3, 0.4) is 0 Å². The Bertz CT molecular complexity index is 572. The van der Waals surface area contributed by atoms with E-state index in [0.717, 1.165) is 24.3 Å². The first kappa shape index (κ1) is 18.4. The third-order valence-corrected chi connectivity index (χ3v) is 7.17. The van der Waals surface area contributed by atoms with Crippen molar-refractivity contribution in [3.05, 3.63) is 0 Å². The number of imide groups is 1. The molecule has 1 saturated heterocycles. The average Bonchev–Trinajstić information content (AvgIpc) is 3.05. The molecule has 2 aliphatic carbocycles. The number of rotatable bonds is 6. The van der Waals surface area contributed by atoms with Gasteiger partial charge in [-0.05, 0) is 37.0 Å². The minimum absolute atomic E-state index is 0.00335. The van der Waals surface area contributed by atoms with Crippen molar-refractivity contribution in [1.82, 2.24) is 10.4 Å². The maximum Gasteiger partial charge on any atom is 0.325 e. The molecule has 0 radical (unpaired) electrons. The van der Waals surface area contributed by atoms with Crippen molar-refractivity contribution in [3.63, 3.8) is 0 Å². The lowest BCUT2D eigenvalue weighted by molar-refractivity contribution is -0.162. The van der Waals surface area contributed by atoms with E-state index < -0.39 is 6.04 Å². The molecular formula is C19H30N2O4. The van der Waals surface area contributed by atoms with Crippen molar-refractivity contribution >= 4 is 17.8 Å². The summed E-state index contributed by atoms with van der Waals surface area (Å²) in [5, 5.41) is 1.01. The molecule has 1 aliphatic heterocycles. The van der Waals surface area contributed by atoms with Crippen molar-refractivity contribution in [2.24, 2.45) is 16.7 Å². The number of amides is 2. The van der Waals surface area contributed by atoms with Gasteiger partial charge in [0.1, 0.15) is 12.1 Å². The molecule has 0 aromatic carbocycles. The minimum atomic E-state index is -0.651. The van der Waals surface area contributed by atoms with Crippen molar-refractivity contribution in [2.75, 3.05) is 0 Å². The van der Waals surface area contributed by atoms with Crippen molar-refractivity contribution in [1.29, 1.82) is 0 Å². The summed E-state index contributed by atoms with van der Waals surface area (Å²) in [7, 11) is 0. The van der Waals surface area contributed by atoms with Gasteiger partial charge < -0.3 is 4.74 Å². The average molecular weight is 350 g/mol. The van der Waals surface area contributed by atoms with Gasteiger partial charge in [0, 0.05) is 18.3 Å². The predicted octanol–water partition coefficient (Wildman–Crippen LogP) is 2.57. The van der Waals surface area contributed by atoms with Gasteiger partial charge in [0.25, 0.3) is 0 Å². The van der Waals surface area contributed by atoms with Crippen LogP contribution in [-0.2, 0) is 19.1 Å². The minimum Gasteiger partial charge on any atom is -0.461 e. The fourth-order valence-corrected chi connectivity index (χ4v) is 4.93. The lowest BCUT2D eigenvalue weighted by atomic mass is 9.70. The summed E-state index contributed by atoms with van der Waals surface area (Å²) >= 11 is 0. The van der Waals surface area contributed by atoms with E-state index in [1.807, 2.05) is 6.92 Å². The zero-order chi connectivity index (χ0) is 18.4. The second-order valence-electron chi connectivity index (χ2n) is 8.63. The SMILES string of the molecule is CCC[C@H](NN1C(=O)CCC1=O)C(=O)OC1CC2CCC1(C)C2(C)C. The summed E-state index contributed by atoms with van der Waals surface area (Å²) in [5.41, 5.74) is 3.00. The highest BCUT2D eigenvalue weighted by molar-refractivity contribution is 6.01. The molecule has 0 spiro atoms. The second kappa shape index (κ2) is 6.38. The summed E-state index contributed by atoms with van der Waals surface area (Å²) in [6.45, 7) is 8.76. The third-order valence-electron chi connectivity index (χ3n) is 7.17. The smallest absolute Gasteiger partial charge is 0.325 e. The van der Waals surface area contributed by atoms with Gasteiger partial charge in [0.05, 0.1) is 0 Å².